The summed E-state index contributed by atoms with van der Waals surface area (Å²) in [5, 5.41) is 8.08. The molecule has 1 N–H and O–H groups in total. The van der Waals surface area contributed by atoms with Gasteiger partial charge in [-0.1, -0.05) is 6.07 Å². The molecule has 0 unspecified atom stereocenters. The van der Waals surface area contributed by atoms with Crippen molar-refractivity contribution in [2.75, 3.05) is 6.54 Å². The maximum absolute atomic E-state index is 11.6. The van der Waals surface area contributed by atoms with E-state index < -0.39 is 0 Å². The Morgan fingerprint density at radius 3 is 2.94 bits per heavy atom. The minimum absolute atomic E-state index is 0.109. The van der Waals surface area contributed by atoms with E-state index in [9.17, 15) is 4.79 Å². The lowest BCUT2D eigenvalue weighted by molar-refractivity contribution is -0.121. The van der Waals surface area contributed by atoms with Gasteiger partial charge >= 0.3 is 0 Å². The molecule has 0 saturated carbocycles. The molecule has 0 saturated heterocycles. The summed E-state index contributed by atoms with van der Waals surface area (Å²) in [4.78, 5) is 17.3. The third-order valence-corrected chi connectivity index (χ3v) is 4.31. The Morgan fingerprint density at radius 1 is 1.39 bits per heavy atom. The molecule has 0 fully saturated rings. The van der Waals surface area contributed by atoms with Crippen LogP contribution in [0.1, 0.15) is 22.0 Å². The molecule has 2 aromatic heterocycles. The van der Waals surface area contributed by atoms with Gasteiger partial charge in [0.2, 0.25) is 5.91 Å². The van der Waals surface area contributed by atoms with Gasteiger partial charge in [0.25, 0.3) is 0 Å². The van der Waals surface area contributed by atoms with Crippen LogP contribution in [0, 0.1) is 6.92 Å². The van der Waals surface area contributed by atoms with Crippen LogP contribution in [-0.4, -0.2) is 17.4 Å². The predicted octanol–water partition coefficient (Wildman–Crippen LogP) is 2.80. The first-order valence-electron chi connectivity index (χ1n) is 5.94. The van der Waals surface area contributed by atoms with Crippen LogP contribution >= 0.6 is 22.7 Å². The van der Waals surface area contributed by atoms with E-state index in [1.54, 1.807) is 22.7 Å². The normalized spacial score (nSPS) is 10.5. The van der Waals surface area contributed by atoms with E-state index in [2.05, 4.69) is 21.7 Å². The van der Waals surface area contributed by atoms with Crippen molar-refractivity contribution in [2.24, 2.45) is 0 Å². The third kappa shape index (κ3) is 4.23. The molecule has 0 bridgehead atoms. The van der Waals surface area contributed by atoms with Crippen molar-refractivity contribution in [2.45, 2.75) is 26.2 Å². The molecule has 3 nitrogen and oxygen atoms in total. The molecule has 1 amide bonds. The minimum Gasteiger partial charge on any atom is -0.356 e. The summed E-state index contributed by atoms with van der Waals surface area (Å²) >= 11 is 3.36. The van der Waals surface area contributed by atoms with Gasteiger partial charge in [0, 0.05) is 23.2 Å². The second-order valence-electron chi connectivity index (χ2n) is 4.04. The third-order valence-electron chi connectivity index (χ3n) is 2.55. The molecule has 18 heavy (non-hydrogen) atoms. The number of amides is 1. The number of rotatable bonds is 6. The first-order valence-corrected chi connectivity index (χ1v) is 7.70. The van der Waals surface area contributed by atoms with E-state index in [0.29, 0.717) is 6.42 Å². The Kier molecular flexibility index (Phi) is 4.90. The van der Waals surface area contributed by atoms with Crippen LogP contribution in [0.25, 0.3) is 0 Å². The summed E-state index contributed by atoms with van der Waals surface area (Å²) in [7, 11) is 0. The molecule has 96 valence electrons. The Morgan fingerprint density at radius 2 is 2.28 bits per heavy atom. The van der Waals surface area contributed by atoms with Crippen molar-refractivity contribution in [3.63, 3.8) is 0 Å². The van der Waals surface area contributed by atoms with Crippen molar-refractivity contribution in [1.29, 1.82) is 0 Å². The second-order valence-corrected chi connectivity index (χ2v) is 6.13. The van der Waals surface area contributed by atoms with Crippen LogP contribution in [0.4, 0.5) is 0 Å². The molecule has 0 aromatic carbocycles. The lowest BCUT2D eigenvalue weighted by Crippen LogP contribution is -2.25. The summed E-state index contributed by atoms with van der Waals surface area (Å²) in [6, 6.07) is 4.13. The fraction of sp³-hybridized carbons (Fsp3) is 0.385. The zero-order chi connectivity index (χ0) is 12.8. The van der Waals surface area contributed by atoms with Crippen LogP contribution < -0.4 is 5.32 Å². The standard InChI is InChI=1S/C13H16N2OS2/c1-10-15-11(9-18-10)4-5-13(16)14-7-6-12-3-2-8-17-12/h2-3,8-9H,4-7H2,1H3,(H,14,16). The van der Waals surface area contributed by atoms with Crippen molar-refractivity contribution < 1.29 is 4.79 Å². The smallest absolute Gasteiger partial charge is 0.220 e. The van der Waals surface area contributed by atoms with Crippen LogP contribution in [0.2, 0.25) is 0 Å². The lowest BCUT2D eigenvalue weighted by Gasteiger charge is -2.03. The monoisotopic (exact) mass is 280 g/mol. The van der Waals surface area contributed by atoms with Gasteiger partial charge in [0.1, 0.15) is 0 Å². The van der Waals surface area contributed by atoms with Gasteiger partial charge in [0.05, 0.1) is 10.7 Å². The van der Waals surface area contributed by atoms with Crippen LogP contribution in [0.5, 0.6) is 0 Å². The average molecular weight is 280 g/mol. The molecule has 2 heterocycles. The number of nitrogens with one attached hydrogen (secondary N) is 1. The van der Waals surface area contributed by atoms with Gasteiger partial charge in [-0.25, -0.2) is 4.98 Å². The molecule has 0 aliphatic carbocycles. The fourth-order valence-electron chi connectivity index (χ4n) is 1.63. The number of thiophene rings is 1. The van der Waals surface area contributed by atoms with Gasteiger partial charge in [-0.3, -0.25) is 4.79 Å². The predicted molar refractivity (Wildman–Crippen MR) is 76.2 cm³/mol. The number of carbonyl (C=O) groups is 1. The number of carbonyl (C=O) groups excluding carboxylic acids is 1. The molecule has 0 spiro atoms. The van der Waals surface area contributed by atoms with E-state index in [1.807, 2.05) is 18.4 Å². The van der Waals surface area contributed by atoms with Gasteiger partial charge in [0.15, 0.2) is 0 Å². The van der Waals surface area contributed by atoms with Gasteiger partial charge in [-0.05, 0) is 31.2 Å². The van der Waals surface area contributed by atoms with E-state index >= 15 is 0 Å². The molecule has 0 aliphatic rings. The summed E-state index contributed by atoms with van der Waals surface area (Å²) < 4.78 is 0. The quantitative estimate of drug-likeness (QED) is 0.884. The van der Waals surface area contributed by atoms with E-state index in [-0.39, 0.29) is 5.91 Å². The summed E-state index contributed by atoms with van der Waals surface area (Å²) in [6.45, 7) is 2.70. The number of aromatic nitrogens is 1. The van der Waals surface area contributed by atoms with Gasteiger partial charge in [-0.15, -0.1) is 22.7 Å². The zero-order valence-corrected chi connectivity index (χ0v) is 11.9. The fourth-order valence-corrected chi connectivity index (χ4v) is 2.99. The van der Waals surface area contributed by atoms with Crippen LogP contribution in [0.3, 0.4) is 0 Å². The Hall–Kier alpha value is -1.20. The van der Waals surface area contributed by atoms with Gasteiger partial charge in [-0.2, -0.15) is 0 Å². The van der Waals surface area contributed by atoms with E-state index in [1.165, 1.54) is 4.88 Å². The van der Waals surface area contributed by atoms with Crippen molar-refractivity contribution in [3.05, 3.63) is 38.5 Å². The largest absolute Gasteiger partial charge is 0.356 e. The molecule has 2 aromatic rings. The summed E-state index contributed by atoms with van der Waals surface area (Å²) in [6.07, 6.45) is 2.17. The zero-order valence-electron chi connectivity index (χ0n) is 10.3. The Labute approximate surface area is 115 Å². The average Bonchev–Trinajstić information content (AvgIpc) is 2.98. The molecule has 0 radical (unpaired) electrons. The highest BCUT2D eigenvalue weighted by atomic mass is 32.1. The number of hydrogen-bond donors (Lipinski definition) is 1. The Bertz CT molecular complexity index is 491. The molecule has 0 aliphatic heterocycles. The summed E-state index contributed by atoms with van der Waals surface area (Å²) in [5.41, 5.74) is 1.02. The molecule has 0 atom stereocenters. The molecule has 5 heteroatoms. The highest BCUT2D eigenvalue weighted by molar-refractivity contribution is 7.10. The maximum Gasteiger partial charge on any atom is 0.220 e. The van der Waals surface area contributed by atoms with E-state index in [4.69, 9.17) is 0 Å². The SMILES string of the molecule is Cc1nc(CCC(=O)NCCc2cccs2)cs1. The van der Waals surface area contributed by atoms with Crippen LogP contribution in [0.15, 0.2) is 22.9 Å². The van der Waals surface area contributed by atoms with Gasteiger partial charge < -0.3 is 5.32 Å². The molecular weight excluding hydrogens is 264 g/mol. The summed E-state index contributed by atoms with van der Waals surface area (Å²) in [5.74, 6) is 0.109. The van der Waals surface area contributed by atoms with Crippen LogP contribution in [-0.2, 0) is 17.6 Å². The first-order chi connectivity index (χ1) is 8.74. The molecular formula is C13H16N2OS2. The number of thiazole rings is 1. The van der Waals surface area contributed by atoms with Crippen molar-refractivity contribution >= 4 is 28.6 Å². The minimum atomic E-state index is 0.109. The first kappa shape index (κ1) is 13.2. The number of aryl methyl sites for hydroxylation is 2. The lowest BCUT2D eigenvalue weighted by atomic mass is 10.2. The van der Waals surface area contributed by atoms with E-state index in [0.717, 1.165) is 30.1 Å². The van der Waals surface area contributed by atoms with Crippen molar-refractivity contribution in [1.82, 2.24) is 10.3 Å². The Balaban J connectivity index is 1.63. The highest BCUT2D eigenvalue weighted by Crippen LogP contribution is 2.10. The number of nitrogens with zero attached hydrogens (tertiary/aromatic N) is 1. The molecule has 2 rings (SSSR count). The number of hydrogen-bond acceptors (Lipinski definition) is 4. The highest BCUT2D eigenvalue weighted by Gasteiger charge is 2.04. The topological polar surface area (TPSA) is 42.0 Å². The van der Waals surface area contributed by atoms with Crippen molar-refractivity contribution in [3.8, 4) is 0 Å². The second kappa shape index (κ2) is 6.66. The maximum atomic E-state index is 11.6.